The third kappa shape index (κ3) is 6.36. The van der Waals surface area contributed by atoms with Gasteiger partial charge in [-0.15, -0.1) is 10.2 Å². The Morgan fingerprint density at radius 2 is 1.81 bits per heavy atom. The highest BCUT2D eigenvalue weighted by Crippen LogP contribution is 2.22. The summed E-state index contributed by atoms with van der Waals surface area (Å²) in [6.07, 6.45) is 0.956. The minimum atomic E-state index is -0.577. The molecule has 0 saturated carbocycles. The number of hydrogen-bond donors (Lipinski definition) is 1. The van der Waals surface area contributed by atoms with Gasteiger partial charge in [-0.3, -0.25) is 4.79 Å². The van der Waals surface area contributed by atoms with Crippen molar-refractivity contribution in [2.45, 2.75) is 26.3 Å². The van der Waals surface area contributed by atoms with Crippen LogP contribution in [0.5, 0.6) is 5.75 Å². The molecule has 0 aliphatic rings. The monoisotopic (exact) mass is 422 g/mol. The zero-order valence-electron chi connectivity index (χ0n) is 18.5. The van der Waals surface area contributed by atoms with Crippen LogP contribution in [0.2, 0.25) is 0 Å². The van der Waals surface area contributed by atoms with Crippen LogP contribution < -0.4 is 10.1 Å². The van der Waals surface area contributed by atoms with Crippen LogP contribution >= 0.6 is 0 Å². The molecule has 8 heteroatoms. The molecule has 3 rings (SSSR count). The topological polar surface area (TPSA) is 85.2 Å². The summed E-state index contributed by atoms with van der Waals surface area (Å²) < 4.78 is 5.74. The summed E-state index contributed by atoms with van der Waals surface area (Å²) in [5, 5.41) is 15.6. The lowest BCUT2D eigenvalue weighted by Gasteiger charge is -2.19. The molecule has 1 unspecified atom stereocenters. The first-order valence-corrected chi connectivity index (χ1v) is 10.5. The number of anilines is 1. The maximum absolute atomic E-state index is 13.0. The number of nitrogens with zero attached hydrogens (tertiary/aromatic N) is 5. The van der Waals surface area contributed by atoms with E-state index in [0.717, 1.165) is 24.3 Å². The highest BCUT2D eigenvalue weighted by atomic mass is 16.5. The van der Waals surface area contributed by atoms with Crippen LogP contribution in [0.3, 0.4) is 0 Å². The molecule has 31 heavy (non-hydrogen) atoms. The summed E-state index contributed by atoms with van der Waals surface area (Å²) in [6.45, 7) is 5.55. The molecule has 1 amide bonds. The number of amides is 1. The SMILES string of the molecule is CC(C)C(C(=O)Nc1ccc(OCCCN(C)C)cc1)n1nnc(-c2ccccc2)n1. The van der Waals surface area contributed by atoms with Gasteiger partial charge in [0, 0.05) is 17.8 Å². The molecule has 3 aromatic rings. The zero-order chi connectivity index (χ0) is 22.2. The molecule has 0 aliphatic carbocycles. The van der Waals surface area contributed by atoms with Gasteiger partial charge < -0.3 is 15.0 Å². The number of aromatic nitrogens is 4. The highest BCUT2D eigenvalue weighted by molar-refractivity contribution is 5.93. The first-order chi connectivity index (χ1) is 14.9. The quantitative estimate of drug-likeness (QED) is 0.503. The lowest BCUT2D eigenvalue weighted by atomic mass is 10.0. The predicted molar refractivity (Wildman–Crippen MR) is 121 cm³/mol. The molecule has 1 heterocycles. The van der Waals surface area contributed by atoms with Gasteiger partial charge in [-0.05, 0) is 55.9 Å². The second-order valence-electron chi connectivity index (χ2n) is 8.01. The third-order valence-corrected chi connectivity index (χ3v) is 4.75. The Kier molecular flexibility index (Phi) is 7.72. The molecule has 0 spiro atoms. The molecular weight excluding hydrogens is 392 g/mol. The number of tetrazole rings is 1. The van der Waals surface area contributed by atoms with E-state index in [1.807, 2.05) is 82.5 Å². The number of carbonyl (C=O) groups excluding carboxylic acids is 1. The summed E-state index contributed by atoms with van der Waals surface area (Å²) in [4.78, 5) is 16.5. The van der Waals surface area contributed by atoms with Gasteiger partial charge in [0.05, 0.1) is 6.61 Å². The minimum absolute atomic E-state index is 0.0165. The first kappa shape index (κ1) is 22.4. The molecule has 0 bridgehead atoms. The van der Waals surface area contributed by atoms with Gasteiger partial charge >= 0.3 is 0 Å². The van der Waals surface area contributed by atoms with E-state index in [2.05, 4.69) is 25.6 Å². The standard InChI is InChI=1S/C23H30N6O2/c1-17(2)21(29-26-22(25-27-29)18-9-6-5-7-10-18)23(30)24-19-11-13-20(14-12-19)31-16-8-15-28(3)4/h5-7,9-14,17,21H,8,15-16H2,1-4H3,(H,24,30). The molecule has 0 radical (unpaired) electrons. The fourth-order valence-electron chi connectivity index (χ4n) is 3.14. The van der Waals surface area contributed by atoms with Gasteiger partial charge in [0.15, 0.2) is 6.04 Å². The van der Waals surface area contributed by atoms with Crippen LogP contribution in [0.1, 0.15) is 26.3 Å². The van der Waals surface area contributed by atoms with Crippen molar-refractivity contribution in [3.63, 3.8) is 0 Å². The van der Waals surface area contributed by atoms with Gasteiger partial charge in [0.25, 0.3) is 5.91 Å². The predicted octanol–water partition coefficient (Wildman–Crippen LogP) is 3.51. The Bertz CT molecular complexity index is 954. The first-order valence-electron chi connectivity index (χ1n) is 10.5. The van der Waals surface area contributed by atoms with E-state index in [0.29, 0.717) is 18.1 Å². The van der Waals surface area contributed by atoms with E-state index in [1.165, 1.54) is 4.80 Å². The van der Waals surface area contributed by atoms with E-state index in [4.69, 9.17) is 4.74 Å². The maximum Gasteiger partial charge on any atom is 0.251 e. The number of ether oxygens (including phenoxy) is 1. The highest BCUT2D eigenvalue weighted by Gasteiger charge is 2.27. The molecule has 0 aliphatic heterocycles. The molecule has 2 aromatic carbocycles. The van der Waals surface area contributed by atoms with Crippen LogP contribution in [0, 0.1) is 5.92 Å². The Morgan fingerprint density at radius 1 is 1.10 bits per heavy atom. The van der Waals surface area contributed by atoms with E-state index in [9.17, 15) is 4.79 Å². The lowest BCUT2D eigenvalue weighted by Crippen LogP contribution is -2.31. The average Bonchev–Trinajstić information content (AvgIpc) is 3.22. The van der Waals surface area contributed by atoms with Crippen molar-refractivity contribution in [3.8, 4) is 17.1 Å². The van der Waals surface area contributed by atoms with E-state index in [1.54, 1.807) is 0 Å². The smallest absolute Gasteiger partial charge is 0.251 e. The maximum atomic E-state index is 13.0. The van der Waals surface area contributed by atoms with Gasteiger partial charge in [-0.2, -0.15) is 4.80 Å². The molecule has 1 atom stereocenters. The molecule has 164 valence electrons. The van der Waals surface area contributed by atoms with Gasteiger partial charge in [0.2, 0.25) is 5.82 Å². The number of nitrogens with one attached hydrogen (secondary N) is 1. The molecule has 8 nitrogen and oxygen atoms in total. The van der Waals surface area contributed by atoms with Crippen molar-refractivity contribution >= 4 is 11.6 Å². The Labute approximate surface area is 183 Å². The summed E-state index contributed by atoms with van der Waals surface area (Å²) in [5.74, 6) is 1.07. The molecule has 0 saturated heterocycles. The number of benzene rings is 2. The minimum Gasteiger partial charge on any atom is -0.494 e. The van der Waals surface area contributed by atoms with Crippen LogP contribution in [0.25, 0.3) is 11.4 Å². The average molecular weight is 423 g/mol. The van der Waals surface area contributed by atoms with Crippen LogP contribution in [-0.2, 0) is 4.79 Å². The van der Waals surface area contributed by atoms with E-state index in [-0.39, 0.29) is 11.8 Å². The fraction of sp³-hybridized carbons (Fsp3) is 0.391. The summed E-state index contributed by atoms with van der Waals surface area (Å²) in [7, 11) is 4.08. The number of carbonyl (C=O) groups is 1. The van der Waals surface area contributed by atoms with Crippen LogP contribution in [0.15, 0.2) is 54.6 Å². The Hall–Kier alpha value is -3.26. The van der Waals surface area contributed by atoms with Crippen LogP contribution in [0.4, 0.5) is 5.69 Å². The summed E-state index contributed by atoms with van der Waals surface area (Å²) >= 11 is 0. The fourth-order valence-corrected chi connectivity index (χ4v) is 3.14. The third-order valence-electron chi connectivity index (χ3n) is 4.75. The van der Waals surface area contributed by atoms with Crippen molar-refractivity contribution in [1.82, 2.24) is 25.1 Å². The van der Waals surface area contributed by atoms with Crippen molar-refractivity contribution in [2.24, 2.45) is 5.92 Å². The Morgan fingerprint density at radius 3 is 2.45 bits per heavy atom. The summed E-state index contributed by atoms with van der Waals surface area (Å²) in [6, 6.07) is 16.4. The number of rotatable bonds is 10. The molecular formula is C23H30N6O2. The molecule has 1 N–H and O–H groups in total. The van der Waals surface area contributed by atoms with Crippen molar-refractivity contribution in [2.75, 3.05) is 32.6 Å². The van der Waals surface area contributed by atoms with Gasteiger partial charge in [-0.25, -0.2) is 0 Å². The van der Waals surface area contributed by atoms with Gasteiger partial charge in [-0.1, -0.05) is 44.2 Å². The summed E-state index contributed by atoms with van der Waals surface area (Å²) in [5.41, 5.74) is 1.55. The molecule has 0 fully saturated rings. The van der Waals surface area contributed by atoms with Crippen LogP contribution in [-0.4, -0.2) is 58.3 Å². The number of hydrogen-bond acceptors (Lipinski definition) is 6. The van der Waals surface area contributed by atoms with Crippen molar-refractivity contribution < 1.29 is 9.53 Å². The second-order valence-corrected chi connectivity index (χ2v) is 8.01. The van der Waals surface area contributed by atoms with E-state index >= 15 is 0 Å². The Balaban J connectivity index is 1.63. The second kappa shape index (κ2) is 10.7. The largest absolute Gasteiger partial charge is 0.494 e. The van der Waals surface area contributed by atoms with Gasteiger partial charge in [0.1, 0.15) is 5.75 Å². The zero-order valence-corrected chi connectivity index (χ0v) is 18.5. The molecule has 1 aromatic heterocycles. The van der Waals surface area contributed by atoms with Crippen molar-refractivity contribution in [3.05, 3.63) is 54.6 Å². The van der Waals surface area contributed by atoms with Crippen molar-refractivity contribution in [1.29, 1.82) is 0 Å². The van der Waals surface area contributed by atoms with E-state index < -0.39 is 6.04 Å². The lowest BCUT2D eigenvalue weighted by molar-refractivity contribution is -0.121. The normalized spacial score (nSPS) is 12.2.